The lowest BCUT2D eigenvalue weighted by atomic mass is 9.86. The highest BCUT2D eigenvalue weighted by atomic mass is 16.7. The molecule has 1 saturated heterocycles. The van der Waals surface area contributed by atoms with E-state index in [4.69, 9.17) is 9.47 Å². The normalized spacial score (nSPS) is 22.8. The van der Waals surface area contributed by atoms with Crippen molar-refractivity contribution < 1.29 is 24.2 Å². The molecule has 164 valence electrons. The van der Waals surface area contributed by atoms with Crippen molar-refractivity contribution in [2.75, 3.05) is 19.9 Å². The van der Waals surface area contributed by atoms with Gasteiger partial charge in [0.1, 0.15) is 6.04 Å². The number of hydrogen-bond acceptors (Lipinski definition) is 5. The summed E-state index contributed by atoms with van der Waals surface area (Å²) in [7, 11) is 0. The smallest absolute Gasteiger partial charge is 0.246 e. The van der Waals surface area contributed by atoms with E-state index in [1.54, 1.807) is 11.8 Å². The van der Waals surface area contributed by atoms with Crippen LogP contribution in [0.4, 0.5) is 0 Å². The van der Waals surface area contributed by atoms with Crippen molar-refractivity contribution in [3.63, 3.8) is 0 Å². The molecule has 2 amide bonds. The molecule has 4 heterocycles. The number of aliphatic hydroxyl groups is 1. The Kier molecular flexibility index (Phi) is 4.19. The van der Waals surface area contributed by atoms with Gasteiger partial charge in [0.15, 0.2) is 11.5 Å². The van der Waals surface area contributed by atoms with Gasteiger partial charge in [-0.15, -0.1) is 0 Å². The highest BCUT2D eigenvalue weighted by Crippen LogP contribution is 2.44. The van der Waals surface area contributed by atoms with Crippen molar-refractivity contribution >= 4 is 22.7 Å². The quantitative estimate of drug-likeness (QED) is 0.659. The molecule has 0 aliphatic carbocycles. The minimum Gasteiger partial charge on any atom is -0.454 e. The lowest BCUT2D eigenvalue weighted by Gasteiger charge is -2.47. The van der Waals surface area contributed by atoms with E-state index in [0.29, 0.717) is 17.9 Å². The number of nitrogens with one attached hydrogen (secondary N) is 1. The summed E-state index contributed by atoms with van der Waals surface area (Å²) in [5, 5.41) is 10.9. The molecule has 0 bridgehead atoms. The van der Waals surface area contributed by atoms with Crippen LogP contribution in [0, 0.1) is 0 Å². The molecular weight excluding hydrogens is 410 g/mol. The van der Waals surface area contributed by atoms with Crippen molar-refractivity contribution in [3.8, 4) is 11.5 Å². The van der Waals surface area contributed by atoms with Crippen LogP contribution in [-0.2, 0) is 16.0 Å². The molecule has 32 heavy (non-hydrogen) atoms. The number of nitrogens with zero attached hydrogens (tertiary/aromatic N) is 2. The summed E-state index contributed by atoms with van der Waals surface area (Å²) >= 11 is 0. The minimum absolute atomic E-state index is 0.0448. The third-order valence-corrected chi connectivity index (χ3v) is 6.54. The maximum absolute atomic E-state index is 13.4. The molecule has 3 atom stereocenters. The second-order valence-corrected chi connectivity index (χ2v) is 8.67. The summed E-state index contributed by atoms with van der Waals surface area (Å²) in [6.07, 6.45) is -0.267. The topological polar surface area (TPSA) is 95.1 Å². The Labute approximate surface area is 184 Å². The third kappa shape index (κ3) is 2.79. The first-order valence-corrected chi connectivity index (χ1v) is 10.8. The Balaban J connectivity index is 1.52. The average Bonchev–Trinajstić information content (AvgIpc) is 3.39. The number of piperazine rings is 1. The summed E-state index contributed by atoms with van der Waals surface area (Å²) in [5.74, 6) is 1.03. The van der Waals surface area contributed by atoms with E-state index in [0.717, 1.165) is 27.7 Å². The maximum Gasteiger partial charge on any atom is 0.246 e. The fourth-order valence-corrected chi connectivity index (χ4v) is 5.23. The van der Waals surface area contributed by atoms with Crippen LogP contribution in [0.15, 0.2) is 42.5 Å². The molecule has 3 aliphatic rings. The first kappa shape index (κ1) is 19.2. The highest BCUT2D eigenvalue weighted by Gasteiger charge is 2.48. The number of hydrogen-bond donors (Lipinski definition) is 2. The molecule has 0 radical (unpaired) electrons. The lowest BCUT2D eigenvalue weighted by Crippen LogP contribution is -2.63. The fraction of sp³-hybridized carbons (Fsp3) is 0.333. The Morgan fingerprint density at radius 1 is 1.16 bits per heavy atom. The van der Waals surface area contributed by atoms with Gasteiger partial charge in [0, 0.05) is 29.6 Å². The summed E-state index contributed by atoms with van der Waals surface area (Å²) in [4.78, 5) is 33.5. The number of carbonyl (C=O) groups excluding carboxylic acids is 2. The van der Waals surface area contributed by atoms with Gasteiger partial charge in [-0.05, 0) is 36.2 Å². The van der Waals surface area contributed by atoms with Gasteiger partial charge in [0.05, 0.1) is 18.7 Å². The van der Waals surface area contributed by atoms with Gasteiger partial charge in [0.2, 0.25) is 18.6 Å². The molecule has 1 aromatic heterocycles. The second-order valence-electron chi connectivity index (χ2n) is 8.67. The zero-order valence-corrected chi connectivity index (χ0v) is 17.6. The number of fused-ring (bicyclic) bond motifs is 5. The van der Waals surface area contributed by atoms with E-state index in [-0.39, 0.29) is 31.7 Å². The number of benzene rings is 2. The van der Waals surface area contributed by atoms with E-state index < -0.39 is 18.2 Å². The maximum atomic E-state index is 13.4. The number of β-amino-alcohol motifs (C(OH)–C–C–N with tert-alkyl or cyclic N) is 1. The van der Waals surface area contributed by atoms with Gasteiger partial charge in [-0.2, -0.15) is 0 Å². The minimum atomic E-state index is -0.699. The molecule has 2 aromatic carbocycles. The number of aliphatic hydroxyl groups excluding tert-OH is 1. The number of amides is 2. The summed E-state index contributed by atoms with van der Waals surface area (Å²) in [5.41, 5.74) is 3.80. The molecule has 8 heteroatoms. The van der Waals surface area contributed by atoms with Crippen molar-refractivity contribution in [2.24, 2.45) is 0 Å². The zero-order chi connectivity index (χ0) is 22.0. The zero-order valence-electron chi connectivity index (χ0n) is 17.6. The van der Waals surface area contributed by atoms with Crippen LogP contribution in [0.1, 0.15) is 29.8 Å². The van der Waals surface area contributed by atoms with Gasteiger partial charge < -0.3 is 29.4 Å². The van der Waals surface area contributed by atoms with Crippen molar-refractivity contribution in [1.82, 2.24) is 14.8 Å². The molecule has 0 saturated carbocycles. The van der Waals surface area contributed by atoms with Crippen LogP contribution in [0.25, 0.3) is 10.9 Å². The standard InChI is InChI=1S/C24H23N3O5/c1-13(28)10-26-11-21(29)27-18(24(26)30)9-16-15-4-2-3-5-17(15)25-22(16)23(27)14-6-7-19-20(8-14)32-12-31-19/h2-8,13,18,23,25,28H,9-12H2,1H3/t13?,18-,23+/m1/s1. The van der Waals surface area contributed by atoms with Crippen LogP contribution in [0.3, 0.4) is 0 Å². The molecule has 2 N–H and O–H groups in total. The number of carbonyl (C=O) groups is 2. The van der Waals surface area contributed by atoms with Gasteiger partial charge >= 0.3 is 0 Å². The van der Waals surface area contributed by atoms with Gasteiger partial charge in [-0.1, -0.05) is 24.3 Å². The first-order valence-electron chi connectivity index (χ1n) is 10.8. The summed E-state index contributed by atoms with van der Waals surface area (Å²) in [6.45, 7) is 1.89. The van der Waals surface area contributed by atoms with Crippen LogP contribution < -0.4 is 9.47 Å². The van der Waals surface area contributed by atoms with Crippen LogP contribution in [-0.4, -0.2) is 63.7 Å². The molecule has 3 aliphatic heterocycles. The lowest BCUT2D eigenvalue weighted by molar-refractivity contribution is -0.159. The number of ether oxygens (including phenoxy) is 2. The first-order chi connectivity index (χ1) is 15.5. The van der Waals surface area contributed by atoms with E-state index >= 15 is 0 Å². The SMILES string of the molecule is CC(O)CN1CC(=O)N2[C@@H](c3ccc4c(c3)OCO4)c3[nH]c4ccccc4c3C[C@@H]2C1=O. The Hall–Kier alpha value is -3.52. The van der Waals surface area contributed by atoms with Crippen LogP contribution >= 0.6 is 0 Å². The molecule has 3 aromatic rings. The van der Waals surface area contributed by atoms with Gasteiger partial charge in [-0.25, -0.2) is 0 Å². The fourth-order valence-electron chi connectivity index (χ4n) is 5.23. The molecular formula is C24H23N3O5. The van der Waals surface area contributed by atoms with Crippen molar-refractivity contribution in [2.45, 2.75) is 31.5 Å². The van der Waals surface area contributed by atoms with Gasteiger partial charge in [-0.3, -0.25) is 9.59 Å². The number of para-hydroxylation sites is 1. The number of H-pyrrole nitrogens is 1. The highest BCUT2D eigenvalue weighted by molar-refractivity contribution is 5.97. The molecule has 8 nitrogen and oxygen atoms in total. The number of aromatic amines is 1. The van der Waals surface area contributed by atoms with Crippen LogP contribution in [0.5, 0.6) is 11.5 Å². The van der Waals surface area contributed by atoms with E-state index in [2.05, 4.69) is 4.98 Å². The Morgan fingerprint density at radius 3 is 2.81 bits per heavy atom. The Morgan fingerprint density at radius 2 is 1.97 bits per heavy atom. The van der Waals surface area contributed by atoms with E-state index in [1.807, 2.05) is 42.5 Å². The third-order valence-electron chi connectivity index (χ3n) is 6.54. The van der Waals surface area contributed by atoms with Crippen molar-refractivity contribution in [3.05, 3.63) is 59.3 Å². The summed E-state index contributed by atoms with van der Waals surface area (Å²) < 4.78 is 11.0. The molecule has 1 unspecified atom stereocenters. The second kappa shape index (κ2) is 7.00. The Bertz CT molecular complexity index is 1250. The molecule has 1 fully saturated rings. The van der Waals surface area contributed by atoms with Gasteiger partial charge in [0.25, 0.3) is 0 Å². The van der Waals surface area contributed by atoms with Crippen LogP contribution in [0.2, 0.25) is 0 Å². The largest absolute Gasteiger partial charge is 0.454 e. The molecule has 6 rings (SSSR count). The summed E-state index contributed by atoms with van der Waals surface area (Å²) in [6, 6.07) is 12.6. The number of aromatic nitrogens is 1. The predicted octanol–water partition coefficient (Wildman–Crippen LogP) is 1.96. The van der Waals surface area contributed by atoms with E-state index in [1.165, 1.54) is 4.90 Å². The number of rotatable bonds is 3. The predicted molar refractivity (Wildman–Crippen MR) is 115 cm³/mol. The molecule has 0 spiro atoms. The van der Waals surface area contributed by atoms with E-state index in [9.17, 15) is 14.7 Å². The monoisotopic (exact) mass is 433 g/mol. The van der Waals surface area contributed by atoms with Crippen molar-refractivity contribution in [1.29, 1.82) is 0 Å². The average molecular weight is 433 g/mol.